The van der Waals surface area contributed by atoms with Gasteiger partial charge in [-0.2, -0.15) is 8.42 Å². The van der Waals surface area contributed by atoms with Crippen LogP contribution in [0.15, 0.2) is 0 Å². The molecule has 0 aliphatic carbocycles. The maximum absolute atomic E-state index is 12.8. The average Bonchev–Trinajstić information content (AvgIpc) is 3.18. The van der Waals surface area contributed by atoms with Crippen molar-refractivity contribution >= 4 is 22.1 Å². The molecule has 0 bridgehead atoms. The minimum atomic E-state index is -4.59. The van der Waals surface area contributed by atoms with Gasteiger partial charge in [-0.25, -0.2) is 0 Å². The summed E-state index contributed by atoms with van der Waals surface area (Å²) in [6, 6.07) is 0. The Morgan fingerprint density at radius 2 is 0.879 bits per heavy atom. The molecule has 0 aromatic carbocycles. The van der Waals surface area contributed by atoms with E-state index in [2.05, 4.69) is 13.8 Å². The molecule has 0 saturated carbocycles. The zero-order chi connectivity index (χ0) is 42.7. The topological polar surface area (TPSA) is 186 Å². The standard InChI is InChI=1S/C45H86O12S/c1-3-5-7-9-11-13-14-15-16-17-18-19-20-21-22-23-24-26-28-30-32-34-41(47)56-38(35-54-40(46)33-31-29-27-25-12-10-8-6-4-2)36-55-45-44(50)43(49)42(48)39(57-45)37-58(51,52)53/h38-39,42-45,48-50H,3-37H2,1-2H3,(H,51,52,53). The number of hydrogen-bond acceptors (Lipinski definition) is 11. The van der Waals surface area contributed by atoms with Crippen molar-refractivity contribution in [1.82, 2.24) is 0 Å². The minimum Gasteiger partial charge on any atom is -0.462 e. The van der Waals surface area contributed by atoms with Gasteiger partial charge in [-0.15, -0.1) is 0 Å². The Morgan fingerprint density at radius 3 is 1.26 bits per heavy atom. The van der Waals surface area contributed by atoms with Gasteiger partial charge >= 0.3 is 11.9 Å². The maximum atomic E-state index is 12.8. The van der Waals surface area contributed by atoms with E-state index in [0.29, 0.717) is 12.8 Å². The maximum Gasteiger partial charge on any atom is 0.306 e. The van der Waals surface area contributed by atoms with Gasteiger partial charge in [-0.3, -0.25) is 14.1 Å². The summed E-state index contributed by atoms with van der Waals surface area (Å²) >= 11 is 0. The van der Waals surface area contributed by atoms with Crippen LogP contribution in [0.25, 0.3) is 0 Å². The Morgan fingerprint density at radius 1 is 0.517 bits per heavy atom. The summed E-state index contributed by atoms with van der Waals surface area (Å²) < 4.78 is 54.0. The average molecular weight is 851 g/mol. The first-order valence-corrected chi connectivity index (χ1v) is 25.2. The zero-order valence-electron chi connectivity index (χ0n) is 36.7. The van der Waals surface area contributed by atoms with E-state index in [-0.39, 0.29) is 19.4 Å². The third-order valence-electron chi connectivity index (χ3n) is 11.2. The van der Waals surface area contributed by atoms with E-state index < -0.39 is 71.2 Å². The number of aliphatic hydroxyl groups excluding tert-OH is 3. The Hall–Kier alpha value is -1.35. The van der Waals surface area contributed by atoms with Crippen LogP contribution in [-0.2, 0) is 38.7 Å². The first kappa shape index (κ1) is 54.7. The number of esters is 2. The predicted molar refractivity (Wildman–Crippen MR) is 229 cm³/mol. The molecule has 6 atom stereocenters. The van der Waals surface area contributed by atoms with Crippen molar-refractivity contribution in [3.05, 3.63) is 0 Å². The van der Waals surface area contributed by atoms with Crippen LogP contribution in [-0.4, -0.2) is 96.0 Å². The molecule has 12 nitrogen and oxygen atoms in total. The molecule has 13 heteroatoms. The number of carbonyl (C=O) groups excluding carboxylic acids is 2. The van der Waals surface area contributed by atoms with Crippen LogP contribution in [0.1, 0.15) is 219 Å². The van der Waals surface area contributed by atoms with Crippen LogP contribution in [0.4, 0.5) is 0 Å². The summed E-state index contributed by atoms with van der Waals surface area (Å²) in [5.41, 5.74) is 0. The molecule has 4 N–H and O–H groups in total. The summed E-state index contributed by atoms with van der Waals surface area (Å²) in [7, 11) is -4.59. The lowest BCUT2D eigenvalue weighted by Crippen LogP contribution is -2.60. The number of ether oxygens (including phenoxy) is 4. The van der Waals surface area contributed by atoms with Crippen LogP contribution < -0.4 is 0 Å². The summed E-state index contributed by atoms with van der Waals surface area (Å²) in [5, 5.41) is 30.8. The molecule has 0 spiro atoms. The van der Waals surface area contributed by atoms with Crippen LogP contribution in [0, 0.1) is 0 Å². The quantitative estimate of drug-likeness (QED) is 0.0260. The van der Waals surface area contributed by atoms with Gasteiger partial charge in [-0.05, 0) is 12.8 Å². The van der Waals surface area contributed by atoms with E-state index in [1.54, 1.807) is 0 Å². The van der Waals surface area contributed by atoms with Gasteiger partial charge in [-0.1, -0.05) is 194 Å². The van der Waals surface area contributed by atoms with Gasteiger partial charge in [0.15, 0.2) is 12.4 Å². The lowest BCUT2D eigenvalue weighted by molar-refractivity contribution is -0.297. The fraction of sp³-hybridized carbons (Fsp3) is 0.956. The van der Waals surface area contributed by atoms with E-state index in [0.717, 1.165) is 38.5 Å². The molecule has 1 heterocycles. The van der Waals surface area contributed by atoms with Crippen molar-refractivity contribution in [3.8, 4) is 0 Å². The van der Waals surface area contributed by atoms with E-state index in [9.17, 15) is 37.9 Å². The molecule has 1 saturated heterocycles. The highest BCUT2D eigenvalue weighted by molar-refractivity contribution is 7.85. The molecule has 1 aliphatic rings. The summed E-state index contributed by atoms with van der Waals surface area (Å²) in [6.45, 7) is 3.76. The van der Waals surface area contributed by atoms with Crippen molar-refractivity contribution in [2.75, 3.05) is 19.0 Å². The van der Waals surface area contributed by atoms with E-state index >= 15 is 0 Å². The number of unbranched alkanes of at least 4 members (excludes halogenated alkanes) is 28. The first-order chi connectivity index (χ1) is 28.0. The summed E-state index contributed by atoms with van der Waals surface area (Å²) in [5.74, 6) is -1.97. The smallest absolute Gasteiger partial charge is 0.306 e. The second kappa shape index (κ2) is 36.3. The van der Waals surface area contributed by atoms with Gasteiger partial charge in [0.1, 0.15) is 36.8 Å². The number of aliphatic hydroxyl groups is 3. The van der Waals surface area contributed by atoms with Crippen molar-refractivity contribution < 1.29 is 56.8 Å². The molecule has 58 heavy (non-hydrogen) atoms. The summed E-state index contributed by atoms with van der Waals surface area (Å²) in [6.07, 6.45) is 27.4. The first-order valence-electron chi connectivity index (χ1n) is 23.6. The van der Waals surface area contributed by atoms with Gasteiger partial charge in [0.2, 0.25) is 0 Å². The molecule has 6 unspecified atom stereocenters. The molecule has 1 fully saturated rings. The third kappa shape index (κ3) is 30.6. The summed E-state index contributed by atoms with van der Waals surface area (Å²) in [4.78, 5) is 25.3. The minimum absolute atomic E-state index is 0.172. The number of hydrogen-bond donors (Lipinski definition) is 4. The Kier molecular flexibility index (Phi) is 34.2. The van der Waals surface area contributed by atoms with E-state index in [1.807, 2.05) is 0 Å². The molecular formula is C45H86O12S. The zero-order valence-corrected chi connectivity index (χ0v) is 37.5. The number of carbonyl (C=O) groups is 2. The molecule has 0 aromatic rings. The predicted octanol–water partition coefficient (Wildman–Crippen LogP) is 9.68. The van der Waals surface area contributed by atoms with Crippen LogP contribution >= 0.6 is 0 Å². The SMILES string of the molecule is CCCCCCCCCCCCCCCCCCCCCCCC(=O)OC(COC(=O)CCCCCCCCCCC)COC1OC(CS(=O)(=O)O)C(O)C(O)C1O. The van der Waals surface area contributed by atoms with Crippen LogP contribution in [0.3, 0.4) is 0 Å². The molecule has 1 rings (SSSR count). The van der Waals surface area contributed by atoms with E-state index in [4.69, 9.17) is 18.9 Å². The lowest BCUT2D eigenvalue weighted by atomic mass is 10.00. The molecule has 0 radical (unpaired) electrons. The van der Waals surface area contributed by atoms with Crippen molar-refractivity contribution in [3.63, 3.8) is 0 Å². The Balaban J connectivity index is 2.34. The molecule has 0 aromatic heterocycles. The normalized spacial score (nSPS) is 20.3. The highest BCUT2D eigenvalue weighted by Gasteiger charge is 2.46. The van der Waals surface area contributed by atoms with Crippen molar-refractivity contribution in [2.24, 2.45) is 0 Å². The number of rotatable bonds is 40. The van der Waals surface area contributed by atoms with Gasteiger partial charge < -0.3 is 34.3 Å². The lowest BCUT2D eigenvalue weighted by Gasteiger charge is -2.40. The third-order valence-corrected chi connectivity index (χ3v) is 11.9. The largest absolute Gasteiger partial charge is 0.462 e. The van der Waals surface area contributed by atoms with E-state index in [1.165, 1.54) is 141 Å². The highest BCUT2D eigenvalue weighted by atomic mass is 32.2. The van der Waals surface area contributed by atoms with Crippen molar-refractivity contribution in [2.45, 2.75) is 256 Å². The highest BCUT2D eigenvalue weighted by Crippen LogP contribution is 2.24. The Bertz CT molecular complexity index is 1090. The molecule has 1 aliphatic heterocycles. The van der Waals surface area contributed by atoms with Crippen LogP contribution in [0.2, 0.25) is 0 Å². The van der Waals surface area contributed by atoms with Gasteiger partial charge in [0.05, 0.1) is 6.61 Å². The molecule has 344 valence electrons. The van der Waals surface area contributed by atoms with Crippen molar-refractivity contribution in [1.29, 1.82) is 0 Å². The fourth-order valence-corrected chi connectivity index (χ4v) is 8.19. The second-order valence-corrected chi connectivity index (χ2v) is 18.3. The molecule has 0 amide bonds. The Labute approximate surface area is 353 Å². The van der Waals surface area contributed by atoms with Crippen LogP contribution in [0.5, 0.6) is 0 Å². The van der Waals surface area contributed by atoms with Gasteiger partial charge in [0.25, 0.3) is 10.1 Å². The molecular weight excluding hydrogens is 765 g/mol. The second-order valence-electron chi connectivity index (χ2n) is 16.8. The fourth-order valence-electron chi connectivity index (χ4n) is 7.50. The monoisotopic (exact) mass is 851 g/mol. The van der Waals surface area contributed by atoms with Gasteiger partial charge in [0, 0.05) is 12.8 Å².